The highest BCUT2D eigenvalue weighted by molar-refractivity contribution is 7.76. The van der Waals surface area contributed by atoms with Crippen LogP contribution in [0.2, 0.25) is 0 Å². The molecule has 31 heavy (non-hydrogen) atoms. The van der Waals surface area contributed by atoms with Crippen LogP contribution in [0.3, 0.4) is 0 Å². The average Bonchev–Trinajstić information content (AvgIpc) is 3.16. The lowest BCUT2D eigenvalue weighted by Crippen LogP contribution is -2.15. The molecule has 0 saturated carbocycles. The van der Waals surface area contributed by atoms with Crippen LogP contribution in [-0.2, 0) is 0 Å². The second-order valence-electron chi connectivity index (χ2n) is 7.35. The Kier molecular flexibility index (Phi) is 5.32. The van der Waals surface area contributed by atoms with Crippen molar-refractivity contribution in [2.24, 2.45) is 0 Å². The molecule has 0 aliphatic heterocycles. The molecule has 2 nitrogen and oxygen atoms in total. The number of hydrogen-bond acceptors (Lipinski definition) is 2. The summed E-state index contributed by atoms with van der Waals surface area (Å²) in [7, 11) is 2.60. The third-order valence-corrected chi connectivity index (χ3v) is 7.97. The van der Waals surface area contributed by atoms with Crippen LogP contribution >= 0.6 is 7.92 Å². The van der Waals surface area contributed by atoms with E-state index in [1.807, 2.05) is 24.3 Å². The van der Waals surface area contributed by atoms with Crippen molar-refractivity contribution in [2.45, 2.75) is 0 Å². The maximum Gasteiger partial charge on any atom is 0.127 e. The van der Waals surface area contributed by atoms with Gasteiger partial charge < -0.3 is 9.47 Å². The van der Waals surface area contributed by atoms with Crippen LogP contribution < -0.4 is 20.1 Å². The van der Waals surface area contributed by atoms with Gasteiger partial charge in [0.15, 0.2) is 0 Å². The van der Waals surface area contributed by atoms with Crippen molar-refractivity contribution in [3.63, 3.8) is 0 Å². The van der Waals surface area contributed by atoms with Crippen molar-refractivity contribution in [3.05, 3.63) is 114 Å². The first-order valence-corrected chi connectivity index (χ1v) is 11.7. The molecule has 0 heterocycles. The lowest BCUT2D eigenvalue weighted by molar-refractivity contribution is 0.417. The van der Waals surface area contributed by atoms with Gasteiger partial charge in [0.1, 0.15) is 11.5 Å². The van der Waals surface area contributed by atoms with Crippen LogP contribution in [0.4, 0.5) is 0 Å². The molecule has 4 aromatic rings. The number of fused-ring (bicyclic) bond motifs is 3. The van der Waals surface area contributed by atoms with E-state index in [4.69, 9.17) is 9.47 Å². The largest absolute Gasteiger partial charge is 0.496 e. The lowest BCUT2D eigenvalue weighted by Gasteiger charge is -2.21. The fourth-order valence-electron chi connectivity index (χ4n) is 4.25. The molecular weight excluding hydrogens is 399 g/mol. The number of hydrogen-bond donors (Lipinski definition) is 0. The van der Waals surface area contributed by atoms with Crippen molar-refractivity contribution in [2.75, 3.05) is 14.2 Å². The smallest absolute Gasteiger partial charge is 0.127 e. The van der Waals surface area contributed by atoms with E-state index in [1.54, 1.807) is 14.2 Å². The van der Waals surface area contributed by atoms with Gasteiger partial charge >= 0.3 is 0 Å². The van der Waals surface area contributed by atoms with E-state index in [2.05, 4.69) is 78.6 Å². The van der Waals surface area contributed by atoms with Gasteiger partial charge in [0.05, 0.1) is 14.2 Å². The zero-order chi connectivity index (χ0) is 21.2. The van der Waals surface area contributed by atoms with Gasteiger partial charge in [-0.15, -0.1) is 0 Å². The third-order valence-electron chi connectivity index (χ3n) is 5.67. The van der Waals surface area contributed by atoms with E-state index in [0.717, 1.165) is 11.5 Å². The Bertz CT molecular complexity index is 1180. The van der Waals surface area contributed by atoms with Gasteiger partial charge in [-0.1, -0.05) is 84.9 Å². The first-order chi connectivity index (χ1) is 15.3. The summed E-state index contributed by atoms with van der Waals surface area (Å²) < 4.78 is 11.5. The van der Waals surface area contributed by atoms with Gasteiger partial charge in [-0.3, -0.25) is 0 Å². The Hall–Kier alpha value is -3.35. The zero-order valence-electron chi connectivity index (χ0n) is 17.6. The average molecular weight is 422 g/mol. The number of ether oxygens (including phenoxy) is 2. The number of para-hydroxylation sites is 2. The highest BCUT2D eigenvalue weighted by atomic mass is 31.1. The van der Waals surface area contributed by atoms with Gasteiger partial charge in [0.2, 0.25) is 0 Å². The minimum absolute atomic E-state index is 0.876. The molecule has 0 spiro atoms. The quantitative estimate of drug-likeness (QED) is 0.314. The number of benzene rings is 4. The molecule has 4 aromatic carbocycles. The molecule has 152 valence electrons. The van der Waals surface area contributed by atoms with Crippen molar-refractivity contribution >= 4 is 24.1 Å². The number of rotatable bonds is 5. The molecule has 0 saturated heterocycles. The van der Waals surface area contributed by atoms with E-state index in [1.165, 1.54) is 38.4 Å². The van der Waals surface area contributed by atoms with Crippen molar-refractivity contribution in [1.82, 2.24) is 0 Å². The molecule has 0 radical (unpaired) electrons. The summed E-state index contributed by atoms with van der Waals surface area (Å²) in [5, 5.41) is 2.36. The van der Waals surface area contributed by atoms with E-state index >= 15 is 0 Å². The van der Waals surface area contributed by atoms with Gasteiger partial charge in [0, 0.05) is 10.6 Å². The van der Waals surface area contributed by atoms with Crippen LogP contribution in [0.1, 0.15) is 11.1 Å². The molecule has 0 unspecified atom stereocenters. The first-order valence-electron chi connectivity index (χ1n) is 10.3. The van der Waals surface area contributed by atoms with Crippen molar-refractivity contribution in [1.29, 1.82) is 0 Å². The molecule has 0 N–H and O–H groups in total. The molecule has 5 rings (SSSR count). The second-order valence-corrected chi connectivity index (χ2v) is 9.31. The minimum Gasteiger partial charge on any atom is -0.496 e. The van der Waals surface area contributed by atoms with Gasteiger partial charge in [-0.05, 0) is 53.7 Å². The van der Waals surface area contributed by atoms with E-state index in [9.17, 15) is 0 Å². The van der Waals surface area contributed by atoms with Crippen LogP contribution in [0, 0.1) is 0 Å². The molecule has 0 aromatic heterocycles. The minimum atomic E-state index is -0.876. The Balaban J connectivity index is 1.78. The Morgan fingerprint density at radius 3 is 1.35 bits per heavy atom. The third kappa shape index (κ3) is 3.44. The first kappa shape index (κ1) is 19.6. The fraction of sp³-hybridized carbons (Fsp3) is 0.0714. The predicted molar refractivity (Wildman–Crippen MR) is 131 cm³/mol. The van der Waals surface area contributed by atoms with Crippen LogP contribution in [0.15, 0.2) is 103 Å². The Morgan fingerprint density at radius 1 is 0.516 bits per heavy atom. The zero-order valence-corrected chi connectivity index (χ0v) is 18.5. The fourth-order valence-corrected chi connectivity index (χ4v) is 6.62. The lowest BCUT2D eigenvalue weighted by atomic mass is 10.1. The Morgan fingerprint density at radius 2 is 0.903 bits per heavy atom. The van der Waals surface area contributed by atoms with E-state index in [0.29, 0.717) is 0 Å². The van der Waals surface area contributed by atoms with Gasteiger partial charge in [-0.2, -0.15) is 0 Å². The second kappa shape index (κ2) is 8.41. The standard InChI is InChI=1S/C28H23O2P/c1-29-25-15-7-9-17-27(25)31(28-18-10-8-16-26(28)30-2)19-24-22-13-5-3-11-20(22)21-12-4-6-14-23(21)24/h3-19H,1-2H3. The summed E-state index contributed by atoms with van der Waals surface area (Å²) in [6.45, 7) is 0. The van der Waals surface area contributed by atoms with Gasteiger partial charge in [0.25, 0.3) is 0 Å². The summed E-state index contributed by atoms with van der Waals surface area (Å²) >= 11 is 0. The normalized spacial score (nSPS) is 11.8. The molecule has 0 fully saturated rings. The molecule has 0 atom stereocenters. The summed E-state index contributed by atoms with van der Waals surface area (Å²) in [6, 6.07) is 33.9. The summed E-state index contributed by atoms with van der Waals surface area (Å²) in [5.41, 5.74) is 6.41. The van der Waals surface area contributed by atoms with Crippen molar-refractivity contribution < 1.29 is 9.47 Å². The predicted octanol–water partition coefficient (Wildman–Crippen LogP) is 6.21. The Labute approximate surface area is 184 Å². The monoisotopic (exact) mass is 422 g/mol. The molecule has 1 aliphatic carbocycles. The topological polar surface area (TPSA) is 18.5 Å². The van der Waals surface area contributed by atoms with E-state index < -0.39 is 7.92 Å². The summed E-state index contributed by atoms with van der Waals surface area (Å²) in [6.07, 6.45) is 0. The molecule has 3 heteroatoms. The highest BCUT2D eigenvalue weighted by Crippen LogP contribution is 2.50. The molecular formula is C28H23O2P. The van der Waals surface area contributed by atoms with Crippen molar-refractivity contribution in [3.8, 4) is 22.6 Å². The van der Waals surface area contributed by atoms with Crippen LogP contribution in [0.25, 0.3) is 16.7 Å². The van der Waals surface area contributed by atoms with Crippen LogP contribution in [-0.4, -0.2) is 14.2 Å². The summed E-state index contributed by atoms with van der Waals surface area (Å²) in [4.78, 5) is 0. The number of methoxy groups -OCH3 is 2. The maximum atomic E-state index is 5.77. The van der Waals surface area contributed by atoms with Gasteiger partial charge in [-0.25, -0.2) is 0 Å². The maximum absolute atomic E-state index is 5.77. The SMILES string of the molecule is COc1ccccc1P(C=C1c2ccccc2-c2ccccc21)c1ccccc1OC. The van der Waals surface area contributed by atoms with E-state index in [-0.39, 0.29) is 0 Å². The molecule has 1 aliphatic rings. The van der Waals surface area contributed by atoms with Crippen LogP contribution in [0.5, 0.6) is 11.5 Å². The highest BCUT2D eigenvalue weighted by Gasteiger charge is 2.26. The molecule has 0 amide bonds. The summed E-state index contributed by atoms with van der Waals surface area (Å²) in [5.74, 6) is 4.22. The molecule has 0 bridgehead atoms.